The van der Waals surface area contributed by atoms with Gasteiger partial charge in [0.2, 0.25) is 5.24 Å². The monoisotopic (exact) mass is 190 g/mol. The molecule has 0 aromatic rings. The lowest BCUT2D eigenvalue weighted by molar-refractivity contribution is -0.111. The van der Waals surface area contributed by atoms with Crippen molar-refractivity contribution in [3.8, 4) is 0 Å². The number of hydrogen-bond acceptors (Lipinski definition) is 1. The van der Waals surface area contributed by atoms with Crippen molar-refractivity contribution >= 4 is 16.8 Å². The molecule has 1 saturated carbocycles. The first-order valence-corrected chi connectivity index (χ1v) is 5.23. The fourth-order valence-corrected chi connectivity index (χ4v) is 1.31. The Labute approximate surface area is 80.5 Å². The topological polar surface area (TPSA) is 17.1 Å². The number of halogens is 1. The van der Waals surface area contributed by atoms with E-state index in [0.717, 1.165) is 5.92 Å². The molecule has 1 nitrogen and oxygen atoms in total. The van der Waals surface area contributed by atoms with E-state index in [4.69, 9.17) is 11.6 Å². The van der Waals surface area contributed by atoms with E-state index in [1.807, 2.05) is 0 Å². The standard InChI is InChI=1S/C7H14.C3H5ClO/c1-7-5-3-2-4-6-7;1-2-3(4)5/h7H,2-6H2,1H3;2H2,1H3. The van der Waals surface area contributed by atoms with E-state index in [2.05, 4.69) is 6.92 Å². The summed E-state index contributed by atoms with van der Waals surface area (Å²) in [6, 6.07) is 0. The smallest absolute Gasteiger partial charge is 0.221 e. The van der Waals surface area contributed by atoms with Crippen LogP contribution in [0.3, 0.4) is 0 Å². The van der Waals surface area contributed by atoms with Gasteiger partial charge in [-0.15, -0.1) is 0 Å². The minimum absolute atomic E-state index is 0.273. The molecule has 0 aromatic carbocycles. The summed E-state index contributed by atoms with van der Waals surface area (Å²) in [4.78, 5) is 9.58. The summed E-state index contributed by atoms with van der Waals surface area (Å²) in [5.41, 5.74) is 0. The molecule has 2 heteroatoms. The molecule has 0 spiro atoms. The number of carbonyl (C=O) groups is 1. The Balaban J connectivity index is 0.000000217. The minimum Gasteiger partial charge on any atom is -0.281 e. The number of rotatable bonds is 1. The van der Waals surface area contributed by atoms with Gasteiger partial charge >= 0.3 is 0 Å². The molecule has 0 heterocycles. The Kier molecular flexibility index (Phi) is 7.58. The zero-order chi connectivity index (χ0) is 9.40. The number of carbonyl (C=O) groups excluding carboxylic acids is 1. The van der Waals surface area contributed by atoms with E-state index in [1.54, 1.807) is 6.92 Å². The van der Waals surface area contributed by atoms with Crippen molar-refractivity contribution in [2.45, 2.75) is 52.4 Å². The predicted octanol–water partition coefficient (Wildman–Crippen LogP) is 3.75. The zero-order valence-electron chi connectivity index (χ0n) is 8.11. The number of hydrogen-bond donors (Lipinski definition) is 0. The lowest BCUT2D eigenvalue weighted by Gasteiger charge is -2.15. The average molecular weight is 191 g/mol. The van der Waals surface area contributed by atoms with Gasteiger partial charge in [0, 0.05) is 6.42 Å². The SMILES string of the molecule is CC1CCCCC1.CCC(=O)Cl. The molecule has 12 heavy (non-hydrogen) atoms. The molecular formula is C10H19ClO. The van der Waals surface area contributed by atoms with E-state index in [9.17, 15) is 4.79 Å². The molecule has 0 aliphatic heterocycles. The maximum atomic E-state index is 9.58. The molecule has 1 rings (SSSR count). The predicted molar refractivity (Wildman–Crippen MR) is 53.4 cm³/mol. The van der Waals surface area contributed by atoms with Crippen molar-refractivity contribution in [1.82, 2.24) is 0 Å². The van der Waals surface area contributed by atoms with Crippen molar-refractivity contribution in [2.75, 3.05) is 0 Å². The van der Waals surface area contributed by atoms with Crippen LogP contribution in [0.5, 0.6) is 0 Å². The quantitative estimate of drug-likeness (QED) is 0.576. The summed E-state index contributed by atoms with van der Waals surface area (Å²) in [7, 11) is 0. The third-order valence-electron chi connectivity index (χ3n) is 2.17. The van der Waals surface area contributed by atoms with Crippen LogP contribution in [0.1, 0.15) is 52.4 Å². The first-order chi connectivity index (χ1) is 5.66. The first-order valence-electron chi connectivity index (χ1n) is 4.85. The van der Waals surface area contributed by atoms with E-state index < -0.39 is 0 Å². The van der Waals surface area contributed by atoms with Gasteiger partial charge in [0.05, 0.1) is 0 Å². The molecule has 1 aliphatic carbocycles. The second kappa shape index (κ2) is 7.60. The summed E-state index contributed by atoms with van der Waals surface area (Å²) < 4.78 is 0. The van der Waals surface area contributed by atoms with E-state index in [1.165, 1.54) is 32.1 Å². The third kappa shape index (κ3) is 8.06. The van der Waals surface area contributed by atoms with Crippen molar-refractivity contribution in [3.05, 3.63) is 0 Å². The van der Waals surface area contributed by atoms with Crippen molar-refractivity contribution in [3.63, 3.8) is 0 Å². The molecule has 0 atom stereocenters. The van der Waals surface area contributed by atoms with Crippen LogP contribution < -0.4 is 0 Å². The second-order valence-corrected chi connectivity index (χ2v) is 3.87. The molecule has 0 unspecified atom stereocenters. The highest BCUT2D eigenvalue weighted by atomic mass is 35.5. The van der Waals surface area contributed by atoms with Gasteiger partial charge in [0.1, 0.15) is 0 Å². The van der Waals surface area contributed by atoms with E-state index in [0.29, 0.717) is 6.42 Å². The highest BCUT2D eigenvalue weighted by Crippen LogP contribution is 2.21. The molecule has 0 bridgehead atoms. The summed E-state index contributed by atoms with van der Waals surface area (Å²) in [5, 5.41) is -0.273. The maximum absolute atomic E-state index is 9.58. The van der Waals surface area contributed by atoms with Gasteiger partial charge in [0.15, 0.2) is 0 Å². The molecule has 1 aliphatic rings. The minimum atomic E-state index is -0.273. The zero-order valence-corrected chi connectivity index (χ0v) is 8.86. The summed E-state index contributed by atoms with van der Waals surface area (Å²) in [5.74, 6) is 1.04. The largest absolute Gasteiger partial charge is 0.281 e. The highest BCUT2D eigenvalue weighted by molar-refractivity contribution is 6.63. The molecule has 0 N–H and O–H groups in total. The molecule has 1 fully saturated rings. The van der Waals surface area contributed by atoms with Crippen LogP contribution in [0.2, 0.25) is 0 Å². The maximum Gasteiger partial charge on any atom is 0.221 e. The van der Waals surface area contributed by atoms with Crippen molar-refractivity contribution in [1.29, 1.82) is 0 Å². The van der Waals surface area contributed by atoms with Crippen LogP contribution in [-0.2, 0) is 4.79 Å². The average Bonchev–Trinajstić information content (AvgIpc) is 2.07. The van der Waals surface area contributed by atoms with Crippen LogP contribution in [-0.4, -0.2) is 5.24 Å². The van der Waals surface area contributed by atoms with Crippen molar-refractivity contribution < 1.29 is 4.79 Å². The molecular weight excluding hydrogens is 172 g/mol. The van der Waals surface area contributed by atoms with E-state index in [-0.39, 0.29) is 5.24 Å². The van der Waals surface area contributed by atoms with Gasteiger partial charge in [-0.05, 0) is 17.5 Å². The van der Waals surface area contributed by atoms with Crippen LogP contribution in [0.4, 0.5) is 0 Å². The van der Waals surface area contributed by atoms with Gasteiger partial charge in [-0.1, -0.05) is 46.0 Å². The summed E-state index contributed by atoms with van der Waals surface area (Å²) >= 11 is 4.82. The van der Waals surface area contributed by atoms with Crippen molar-refractivity contribution in [2.24, 2.45) is 5.92 Å². The van der Waals surface area contributed by atoms with Crippen LogP contribution in [0, 0.1) is 5.92 Å². The normalized spacial score (nSPS) is 17.9. The van der Waals surface area contributed by atoms with Gasteiger partial charge < -0.3 is 0 Å². The molecule has 0 saturated heterocycles. The Bertz CT molecular complexity index is 117. The second-order valence-electron chi connectivity index (χ2n) is 3.45. The Morgan fingerprint density at radius 1 is 1.33 bits per heavy atom. The lowest BCUT2D eigenvalue weighted by atomic mass is 9.91. The molecule has 0 amide bonds. The van der Waals surface area contributed by atoms with E-state index >= 15 is 0 Å². The van der Waals surface area contributed by atoms with Gasteiger partial charge in [-0.2, -0.15) is 0 Å². The van der Waals surface area contributed by atoms with Gasteiger partial charge in [-0.3, -0.25) is 4.79 Å². The Morgan fingerprint density at radius 2 is 1.75 bits per heavy atom. The van der Waals surface area contributed by atoms with Crippen LogP contribution >= 0.6 is 11.6 Å². The highest BCUT2D eigenvalue weighted by Gasteiger charge is 2.05. The van der Waals surface area contributed by atoms with Crippen LogP contribution in [0.15, 0.2) is 0 Å². The molecule has 0 radical (unpaired) electrons. The Hall–Kier alpha value is -0.0400. The first kappa shape index (κ1) is 12.0. The summed E-state index contributed by atoms with van der Waals surface area (Å²) in [6.45, 7) is 4.08. The molecule has 72 valence electrons. The Morgan fingerprint density at radius 3 is 1.92 bits per heavy atom. The fourth-order valence-electron chi connectivity index (χ4n) is 1.31. The lowest BCUT2D eigenvalue weighted by Crippen LogP contribution is -1.99. The van der Waals surface area contributed by atoms with Gasteiger partial charge in [0.25, 0.3) is 0 Å². The van der Waals surface area contributed by atoms with Gasteiger partial charge in [-0.25, -0.2) is 0 Å². The molecule has 0 aromatic heterocycles. The fraction of sp³-hybridized carbons (Fsp3) is 0.900. The third-order valence-corrected chi connectivity index (χ3v) is 2.44. The summed E-state index contributed by atoms with van der Waals surface area (Å²) in [6.07, 6.45) is 7.87. The van der Waals surface area contributed by atoms with Crippen LogP contribution in [0.25, 0.3) is 0 Å².